The molecule has 0 aliphatic carbocycles. The standard InChI is InChI=1S/C20H23N3O4S/c1-13-7-8-17(28(4,25)26)10-18(13)20(24)27-9-5-6-16-11-21-19-14(2)15(3)22-23(19)12-16/h7-8,10-12H,5-6,9H2,1-4H3. The number of hydrogen-bond acceptors (Lipinski definition) is 6. The molecule has 2 heterocycles. The van der Waals surface area contributed by atoms with Gasteiger partial charge in [-0.15, -0.1) is 0 Å². The lowest BCUT2D eigenvalue weighted by Crippen LogP contribution is -2.10. The number of sulfone groups is 1. The fraction of sp³-hybridized carbons (Fsp3) is 0.350. The number of fused-ring (bicyclic) bond motifs is 1. The molecular formula is C20H23N3O4S. The molecule has 1 aromatic carbocycles. The van der Waals surface area contributed by atoms with E-state index in [1.807, 2.05) is 26.2 Å². The fourth-order valence-corrected chi connectivity index (χ4v) is 3.54. The summed E-state index contributed by atoms with van der Waals surface area (Å²) in [6, 6.07) is 4.47. The summed E-state index contributed by atoms with van der Waals surface area (Å²) in [6.45, 7) is 5.92. The van der Waals surface area contributed by atoms with Crippen molar-refractivity contribution < 1.29 is 17.9 Å². The number of esters is 1. The Morgan fingerprint density at radius 2 is 1.96 bits per heavy atom. The first-order valence-electron chi connectivity index (χ1n) is 8.95. The van der Waals surface area contributed by atoms with Gasteiger partial charge in [-0.1, -0.05) is 6.07 Å². The van der Waals surface area contributed by atoms with Crippen molar-refractivity contribution in [2.75, 3.05) is 12.9 Å². The van der Waals surface area contributed by atoms with Crippen LogP contribution in [-0.2, 0) is 21.0 Å². The maximum Gasteiger partial charge on any atom is 0.338 e. The number of nitrogens with zero attached hydrogens (tertiary/aromatic N) is 3. The first-order valence-corrected chi connectivity index (χ1v) is 10.8. The lowest BCUT2D eigenvalue weighted by atomic mass is 10.1. The number of carbonyl (C=O) groups excluding carboxylic acids is 1. The molecule has 7 nitrogen and oxygen atoms in total. The predicted octanol–water partition coefficient (Wildman–Crippen LogP) is 2.85. The number of aryl methyl sites for hydroxylation is 4. The van der Waals surface area contributed by atoms with Gasteiger partial charge in [-0.25, -0.2) is 22.7 Å². The molecule has 0 aliphatic rings. The molecule has 0 fully saturated rings. The summed E-state index contributed by atoms with van der Waals surface area (Å²) < 4.78 is 30.5. The van der Waals surface area contributed by atoms with Gasteiger partial charge in [-0.05, 0) is 56.9 Å². The molecule has 0 saturated carbocycles. The van der Waals surface area contributed by atoms with Gasteiger partial charge in [0.25, 0.3) is 0 Å². The van der Waals surface area contributed by atoms with Crippen LogP contribution in [0.25, 0.3) is 5.65 Å². The van der Waals surface area contributed by atoms with Gasteiger partial charge in [0, 0.05) is 24.2 Å². The molecular weight excluding hydrogens is 378 g/mol. The average molecular weight is 401 g/mol. The minimum Gasteiger partial charge on any atom is -0.462 e. The van der Waals surface area contributed by atoms with Gasteiger partial charge in [-0.2, -0.15) is 5.10 Å². The van der Waals surface area contributed by atoms with Gasteiger partial charge in [0.15, 0.2) is 15.5 Å². The van der Waals surface area contributed by atoms with Crippen molar-refractivity contribution in [1.29, 1.82) is 0 Å². The second kappa shape index (κ2) is 7.71. The number of ether oxygens (including phenoxy) is 1. The third kappa shape index (κ3) is 4.22. The molecule has 0 unspecified atom stereocenters. The van der Waals surface area contributed by atoms with E-state index in [9.17, 15) is 13.2 Å². The first-order chi connectivity index (χ1) is 13.2. The quantitative estimate of drug-likeness (QED) is 0.466. The molecule has 0 saturated heterocycles. The van der Waals surface area contributed by atoms with Gasteiger partial charge in [-0.3, -0.25) is 0 Å². The summed E-state index contributed by atoms with van der Waals surface area (Å²) in [5, 5.41) is 4.43. The zero-order chi connectivity index (χ0) is 20.5. The van der Waals surface area contributed by atoms with Crippen LogP contribution in [0.15, 0.2) is 35.5 Å². The SMILES string of the molecule is Cc1ccc(S(C)(=O)=O)cc1C(=O)OCCCc1cnc2c(C)c(C)nn2c1. The molecule has 0 aliphatic heterocycles. The van der Waals surface area contributed by atoms with E-state index in [-0.39, 0.29) is 17.1 Å². The highest BCUT2D eigenvalue weighted by molar-refractivity contribution is 7.90. The van der Waals surface area contributed by atoms with Crippen LogP contribution >= 0.6 is 0 Å². The molecule has 2 aromatic heterocycles. The summed E-state index contributed by atoms with van der Waals surface area (Å²) in [6.07, 6.45) is 6.18. The summed E-state index contributed by atoms with van der Waals surface area (Å²) in [5.41, 5.74) is 4.80. The smallest absolute Gasteiger partial charge is 0.338 e. The third-order valence-electron chi connectivity index (χ3n) is 4.69. The number of aromatic nitrogens is 3. The van der Waals surface area contributed by atoms with Gasteiger partial charge in [0.2, 0.25) is 0 Å². The zero-order valence-electron chi connectivity index (χ0n) is 16.4. The van der Waals surface area contributed by atoms with Crippen LogP contribution in [-0.4, -0.2) is 41.8 Å². The highest BCUT2D eigenvalue weighted by atomic mass is 32.2. The third-order valence-corrected chi connectivity index (χ3v) is 5.80. The number of benzene rings is 1. The largest absolute Gasteiger partial charge is 0.462 e. The highest BCUT2D eigenvalue weighted by Crippen LogP contribution is 2.17. The Balaban J connectivity index is 1.60. The van der Waals surface area contributed by atoms with Crippen LogP contribution in [0.2, 0.25) is 0 Å². The highest BCUT2D eigenvalue weighted by Gasteiger charge is 2.15. The first kappa shape index (κ1) is 20.0. The number of carbonyl (C=O) groups is 1. The van der Waals surface area contributed by atoms with Crippen LogP contribution in [0.5, 0.6) is 0 Å². The Kier molecular flexibility index (Phi) is 5.51. The fourth-order valence-electron chi connectivity index (χ4n) is 2.90. The van der Waals surface area contributed by atoms with E-state index in [0.717, 1.165) is 28.7 Å². The monoisotopic (exact) mass is 401 g/mol. The van der Waals surface area contributed by atoms with Crippen LogP contribution in [0, 0.1) is 20.8 Å². The van der Waals surface area contributed by atoms with Gasteiger partial charge < -0.3 is 4.74 Å². The van der Waals surface area contributed by atoms with E-state index in [4.69, 9.17) is 4.74 Å². The van der Waals surface area contributed by atoms with Crippen molar-refractivity contribution in [2.24, 2.45) is 0 Å². The topological polar surface area (TPSA) is 90.6 Å². The minimum absolute atomic E-state index is 0.106. The Morgan fingerprint density at radius 1 is 1.21 bits per heavy atom. The zero-order valence-corrected chi connectivity index (χ0v) is 17.2. The predicted molar refractivity (Wildman–Crippen MR) is 105 cm³/mol. The summed E-state index contributed by atoms with van der Waals surface area (Å²) in [5.74, 6) is -0.519. The second-order valence-electron chi connectivity index (χ2n) is 6.93. The molecule has 0 radical (unpaired) electrons. The molecule has 0 N–H and O–H groups in total. The van der Waals surface area contributed by atoms with Crippen molar-refractivity contribution in [1.82, 2.24) is 14.6 Å². The molecule has 3 aromatic rings. The molecule has 8 heteroatoms. The molecule has 0 bridgehead atoms. The molecule has 0 spiro atoms. The lowest BCUT2D eigenvalue weighted by molar-refractivity contribution is 0.0499. The molecule has 3 rings (SSSR count). The Bertz CT molecular complexity index is 1150. The average Bonchev–Trinajstić information content (AvgIpc) is 2.91. The van der Waals surface area contributed by atoms with Crippen LogP contribution in [0.1, 0.15) is 39.2 Å². The van der Waals surface area contributed by atoms with Crippen LogP contribution < -0.4 is 0 Å². The van der Waals surface area contributed by atoms with E-state index in [2.05, 4.69) is 10.1 Å². The van der Waals surface area contributed by atoms with Crippen molar-refractivity contribution >= 4 is 21.5 Å². The normalized spacial score (nSPS) is 11.7. The number of rotatable bonds is 6. The Labute approximate surface area is 164 Å². The van der Waals surface area contributed by atoms with E-state index in [0.29, 0.717) is 18.4 Å². The molecule has 28 heavy (non-hydrogen) atoms. The van der Waals surface area contributed by atoms with E-state index in [1.165, 1.54) is 12.1 Å². The summed E-state index contributed by atoms with van der Waals surface area (Å²) >= 11 is 0. The molecule has 0 atom stereocenters. The minimum atomic E-state index is -3.38. The van der Waals surface area contributed by atoms with Gasteiger partial charge in [0.05, 0.1) is 22.8 Å². The van der Waals surface area contributed by atoms with Crippen LogP contribution in [0.3, 0.4) is 0 Å². The van der Waals surface area contributed by atoms with E-state index >= 15 is 0 Å². The summed E-state index contributed by atoms with van der Waals surface area (Å²) in [7, 11) is -3.38. The maximum absolute atomic E-state index is 12.3. The van der Waals surface area contributed by atoms with E-state index < -0.39 is 15.8 Å². The summed E-state index contributed by atoms with van der Waals surface area (Å²) in [4.78, 5) is 16.9. The number of hydrogen-bond donors (Lipinski definition) is 0. The van der Waals surface area contributed by atoms with E-state index in [1.54, 1.807) is 17.5 Å². The van der Waals surface area contributed by atoms with Gasteiger partial charge in [0.1, 0.15) is 0 Å². The Hall–Kier alpha value is -2.74. The maximum atomic E-state index is 12.3. The van der Waals surface area contributed by atoms with Gasteiger partial charge >= 0.3 is 5.97 Å². The second-order valence-corrected chi connectivity index (χ2v) is 8.94. The van der Waals surface area contributed by atoms with Crippen molar-refractivity contribution in [2.45, 2.75) is 38.5 Å². The van der Waals surface area contributed by atoms with Crippen LogP contribution in [0.4, 0.5) is 0 Å². The van der Waals surface area contributed by atoms with Crippen molar-refractivity contribution in [3.8, 4) is 0 Å². The van der Waals surface area contributed by atoms with Crippen molar-refractivity contribution in [3.63, 3.8) is 0 Å². The lowest BCUT2D eigenvalue weighted by Gasteiger charge is -2.09. The Morgan fingerprint density at radius 3 is 2.68 bits per heavy atom. The molecule has 0 amide bonds. The molecule has 148 valence electrons. The van der Waals surface area contributed by atoms with Crippen molar-refractivity contribution in [3.05, 3.63) is 58.5 Å².